The molecule has 0 fully saturated rings. The maximum absolute atomic E-state index is 13.1. The third-order valence-corrected chi connectivity index (χ3v) is 9.63. The van der Waals surface area contributed by atoms with Gasteiger partial charge in [-0.1, -0.05) is 54.5 Å². The van der Waals surface area contributed by atoms with Crippen molar-refractivity contribution in [1.29, 1.82) is 0 Å². The molecule has 0 radical (unpaired) electrons. The van der Waals surface area contributed by atoms with E-state index in [9.17, 15) is 9.59 Å². The number of aromatic nitrogens is 10. The lowest BCUT2D eigenvalue weighted by Crippen LogP contribution is -2.27. The lowest BCUT2D eigenvalue weighted by atomic mass is 10.3. The van der Waals surface area contributed by atoms with Crippen molar-refractivity contribution in [2.75, 3.05) is 10.6 Å². The van der Waals surface area contributed by atoms with Crippen molar-refractivity contribution in [2.45, 2.75) is 52.9 Å². The van der Waals surface area contributed by atoms with Crippen molar-refractivity contribution in [3.8, 4) is 0 Å². The molecule has 0 bridgehead atoms. The second-order valence-electron chi connectivity index (χ2n) is 10.3. The summed E-state index contributed by atoms with van der Waals surface area (Å²) in [5.41, 5.74) is 1.37. The van der Waals surface area contributed by atoms with E-state index in [0.29, 0.717) is 57.9 Å². The maximum atomic E-state index is 13.1. The number of aryl methyl sites for hydroxylation is 2. The molecule has 6 rings (SSSR count). The van der Waals surface area contributed by atoms with Crippen LogP contribution in [0.15, 0.2) is 67.1 Å². The summed E-state index contributed by atoms with van der Waals surface area (Å²) in [6, 6.07) is 15.5. The highest BCUT2D eigenvalue weighted by Gasteiger charge is 2.15. The fraction of sp³-hybridized carbons (Fsp3) is 0.286. The van der Waals surface area contributed by atoms with Crippen LogP contribution in [0, 0.1) is 13.8 Å². The first-order chi connectivity index (χ1) is 22.2. The van der Waals surface area contributed by atoms with Crippen molar-refractivity contribution < 1.29 is 0 Å². The minimum atomic E-state index is -0.206. The Labute approximate surface area is 287 Å². The van der Waals surface area contributed by atoms with Gasteiger partial charge in [-0.15, -0.1) is 20.4 Å². The van der Waals surface area contributed by atoms with Gasteiger partial charge < -0.3 is 10.6 Å². The Hall–Kier alpha value is -4.00. The van der Waals surface area contributed by atoms with Crippen LogP contribution < -0.4 is 22.0 Å². The zero-order chi connectivity index (χ0) is 32.2. The Kier molecular flexibility index (Phi) is 9.86. The summed E-state index contributed by atoms with van der Waals surface area (Å²) >= 11 is 9.59. The van der Waals surface area contributed by atoms with Crippen LogP contribution in [-0.4, -0.2) is 49.1 Å². The van der Waals surface area contributed by atoms with Gasteiger partial charge in [-0.05, 0) is 75.2 Å². The Morgan fingerprint density at radius 1 is 0.630 bits per heavy atom. The zero-order valence-electron chi connectivity index (χ0n) is 24.7. The van der Waals surface area contributed by atoms with Gasteiger partial charge in [0.25, 0.3) is 0 Å². The molecule has 4 aromatic heterocycles. The molecule has 238 valence electrons. The van der Waals surface area contributed by atoms with Crippen LogP contribution in [0.25, 0.3) is 0 Å². The van der Waals surface area contributed by atoms with Crippen molar-refractivity contribution in [3.63, 3.8) is 0 Å². The number of halogens is 2. The average Bonchev–Trinajstić information content (AvgIpc) is 3.79. The van der Waals surface area contributed by atoms with Gasteiger partial charge >= 0.3 is 11.4 Å². The summed E-state index contributed by atoms with van der Waals surface area (Å²) < 4.78 is 8.09. The summed E-state index contributed by atoms with van der Waals surface area (Å²) in [7, 11) is 0. The van der Waals surface area contributed by atoms with Gasteiger partial charge in [-0.25, -0.2) is 19.0 Å². The van der Waals surface area contributed by atoms with E-state index in [1.165, 1.54) is 32.0 Å². The summed E-state index contributed by atoms with van der Waals surface area (Å²) in [6.45, 7) is 5.05. The molecule has 4 heterocycles. The number of rotatable bonds is 13. The van der Waals surface area contributed by atoms with E-state index in [0.717, 1.165) is 20.3 Å². The normalized spacial score (nSPS) is 11.3. The van der Waals surface area contributed by atoms with Crippen molar-refractivity contribution >= 4 is 76.2 Å². The lowest BCUT2D eigenvalue weighted by Gasteiger charge is -2.04. The van der Waals surface area contributed by atoms with Crippen LogP contribution in [-0.2, 0) is 26.2 Å². The van der Waals surface area contributed by atoms with Gasteiger partial charge in [-0.3, -0.25) is 9.13 Å². The number of benzene rings is 2. The van der Waals surface area contributed by atoms with Crippen LogP contribution in [0.1, 0.15) is 34.5 Å². The summed E-state index contributed by atoms with van der Waals surface area (Å²) in [5, 5.41) is 34.7. The SMILES string of the molecule is Cc1nn(Cc2nnc(Nc3ccc(Br)cc3)s2)c(=O)n1CCCCn1c(C)nn(Cc2nnc(Nc3ccc(Br)cc3)s2)c1=O. The molecule has 6 aromatic rings. The average molecular weight is 789 g/mol. The molecule has 2 aromatic carbocycles. The van der Waals surface area contributed by atoms with Gasteiger partial charge in [0.2, 0.25) is 10.3 Å². The molecular formula is C28H28Br2N12O2S2. The highest BCUT2D eigenvalue weighted by Crippen LogP contribution is 2.24. The van der Waals surface area contributed by atoms with Crippen molar-refractivity contribution in [2.24, 2.45) is 0 Å². The molecule has 0 atom stereocenters. The summed E-state index contributed by atoms with van der Waals surface area (Å²) in [4.78, 5) is 26.2. The minimum absolute atomic E-state index is 0.206. The molecule has 0 unspecified atom stereocenters. The minimum Gasteiger partial charge on any atom is -0.330 e. The van der Waals surface area contributed by atoms with Crippen molar-refractivity contribution in [3.05, 3.63) is 100 Å². The number of nitrogens with zero attached hydrogens (tertiary/aromatic N) is 10. The molecule has 46 heavy (non-hydrogen) atoms. The molecule has 0 aliphatic rings. The van der Waals surface area contributed by atoms with Crippen LogP contribution >= 0.6 is 54.5 Å². The predicted molar refractivity (Wildman–Crippen MR) is 185 cm³/mol. The Bertz CT molecular complexity index is 1910. The maximum Gasteiger partial charge on any atom is 0.346 e. The van der Waals surface area contributed by atoms with Crippen LogP contribution in [0.4, 0.5) is 21.6 Å². The molecule has 0 aliphatic heterocycles. The van der Waals surface area contributed by atoms with Crippen molar-refractivity contribution in [1.82, 2.24) is 49.1 Å². The lowest BCUT2D eigenvalue weighted by molar-refractivity contribution is 0.517. The predicted octanol–water partition coefficient (Wildman–Crippen LogP) is 5.31. The molecule has 14 nitrogen and oxygen atoms in total. The third-order valence-electron chi connectivity index (χ3n) is 6.92. The first-order valence-electron chi connectivity index (χ1n) is 14.2. The highest BCUT2D eigenvalue weighted by atomic mass is 79.9. The first kappa shape index (κ1) is 32.0. The highest BCUT2D eigenvalue weighted by molar-refractivity contribution is 9.10. The van der Waals surface area contributed by atoms with Gasteiger partial charge in [0, 0.05) is 33.4 Å². The quantitative estimate of drug-likeness (QED) is 0.147. The molecular weight excluding hydrogens is 760 g/mol. The molecule has 18 heteroatoms. The zero-order valence-corrected chi connectivity index (χ0v) is 29.5. The number of nitrogens with one attached hydrogen (secondary N) is 2. The van der Waals surface area contributed by atoms with Crippen LogP contribution in [0.5, 0.6) is 0 Å². The standard InChI is InChI=1S/C28H28Br2N12O2S2/c1-17-37-41(15-23-33-35-25(45-23)31-21-9-5-19(29)6-10-21)27(43)39(17)13-3-4-14-40-18(2)38-42(28(40)44)16-24-34-36-26(46-24)32-22-11-7-20(30)8-12-22/h5-12H,3-4,13-16H2,1-2H3,(H,31,35)(H,32,36). The molecule has 0 amide bonds. The summed E-state index contributed by atoms with van der Waals surface area (Å²) in [6.07, 6.45) is 1.37. The van der Waals surface area contributed by atoms with Crippen LogP contribution in [0.2, 0.25) is 0 Å². The van der Waals surface area contributed by atoms with E-state index >= 15 is 0 Å². The third kappa shape index (κ3) is 7.68. The van der Waals surface area contributed by atoms with E-state index in [1.807, 2.05) is 62.4 Å². The van der Waals surface area contributed by atoms with Gasteiger partial charge in [0.15, 0.2) is 0 Å². The Morgan fingerprint density at radius 3 is 1.41 bits per heavy atom. The van der Waals surface area contributed by atoms with E-state index in [-0.39, 0.29) is 24.5 Å². The fourth-order valence-electron chi connectivity index (χ4n) is 4.66. The largest absolute Gasteiger partial charge is 0.346 e. The molecule has 0 spiro atoms. The fourth-order valence-corrected chi connectivity index (χ4v) is 6.68. The van der Waals surface area contributed by atoms with Crippen LogP contribution in [0.3, 0.4) is 0 Å². The van der Waals surface area contributed by atoms with E-state index < -0.39 is 0 Å². The Balaban J connectivity index is 1.01. The molecule has 2 N–H and O–H groups in total. The van der Waals surface area contributed by atoms with E-state index in [4.69, 9.17) is 0 Å². The second-order valence-corrected chi connectivity index (χ2v) is 14.2. The second kappa shape index (κ2) is 14.2. The van der Waals surface area contributed by atoms with E-state index in [2.05, 4.69) is 73.1 Å². The topological polar surface area (TPSA) is 155 Å². The Morgan fingerprint density at radius 2 is 1.02 bits per heavy atom. The van der Waals surface area contributed by atoms with Gasteiger partial charge in [0.05, 0.1) is 0 Å². The van der Waals surface area contributed by atoms with Gasteiger partial charge in [-0.2, -0.15) is 10.2 Å². The number of hydrogen-bond acceptors (Lipinski definition) is 12. The molecule has 0 saturated heterocycles. The van der Waals surface area contributed by atoms with Gasteiger partial charge in [0.1, 0.15) is 34.8 Å². The van der Waals surface area contributed by atoms with E-state index in [1.54, 1.807) is 9.13 Å². The summed E-state index contributed by atoms with van der Waals surface area (Å²) in [5.74, 6) is 1.24. The monoisotopic (exact) mass is 786 g/mol. The molecule has 0 aliphatic carbocycles. The smallest absolute Gasteiger partial charge is 0.330 e. The number of hydrogen-bond donors (Lipinski definition) is 2. The number of anilines is 4. The number of unbranched alkanes of at least 4 members (excludes halogenated alkanes) is 1. The first-order valence-corrected chi connectivity index (χ1v) is 17.4. The molecule has 0 saturated carbocycles.